The summed E-state index contributed by atoms with van der Waals surface area (Å²) in [5.41, 5.74) is 0.927. The maximum atomic E-state index is 13.8. The molecule has 2 heterocycles. The topological polar surface area (TPSA) is 159 Å². The minimum absolute atomic E-state index is 0.0589. The van der Waals surface area contributed by atoms with Crippen LogP contribution in [0.4, 0.5) is 0 Å². The molecule has 0 spiro atoms. The lowest BCUT2D eigenvalue weighted by atomic mass is 9.89. The Balaban J connectivity index is 1.47. The largest absolute Gasteiger partial charge is 0.497 e. The zero-order valence-corrected chi connectivity index (χ0v) is 25.1. The Hall–Kier alpha value is -3.32. The van der Waals surface area contributed by atoms with Crippen molar-refractivity contribution in [2.45, 2.75) is 69.2 Å². The normalized spacial score (nSPS) is 22.3. The Morgan fingerprint density at radius 1 is 0.977 bits per heavy atom. The smallest absolute Gasteiger partial charge is 0.245 e. The van der Waals surface area contributed by atoms with Gasteiger partial charge >= 0.3 is 0 Å². The average molecular weight is 601 g/mol. The van der Waals surface area contributed by atoms with Crippen LogP contribution in [0.2, 0.25) is 0 Å². The molecule has 12 heteroatoms. The van der Waals surface area contributed by atoms with Crippen LogP contribution in [-0.4, -0.2) is 110 Å². The summed E-state index contributed by atoms with van der Waals surface area (Å²) in [6.07, 6.45) is 6.56. The number of amides is 3. The number of nitrogens with one attached hydrogen (secondary N) is 3. The van der Waals surface area contributed by atoms with E-state index < -0.39 is 48.1 Å². The van der Waals surface area contributed by atoms with E-state index in [1.165, 1.54) is 0 Å². The standard InChI is InChI=1S/C31H44N4O8/c1-31(20-43-31)28(38)24(16-21-6-4-3-5-7-21)33-29(39)25(17-22-8-10-23(41-2)11-9-22)34-30(40)26(19-36)32-27(37)18-35-12-14-42-15-13-35/h6,8-11,24-26,36H,3-5,7,12-20H2,1-2H3,(H,32,37)(H,33,39)(H,34,40). The number of aliphatic hydroxyl groups is 1. The molecule has 1 aromatic rings. The number of ether oxygens (including phenoxy) is 3. The molecular weight excluding hydrogens is 556 g/mol. The fourth-order valence-corrected chi connectivity index (χ4v) is 5.33. The zero-order chi connectivity index (χ0) is 30.8. The molecule has 1 aromatic carbocycles. The monoisotopic (exact) mass is 600 g/mol. The number of methoxy groups -OCH3 is 1. The lowest BCUT2D eigenvalue weighted by molar-refractivity contribution is -0.135. The van der Waals surface area contributed by atoms with E-state index in [9.17, 15) is 24.3 Å². The van der Waals surface area contributed by atoms with Crippen molar-refractivity contribution in [1.82, 2.24) is 20.9 Å². The van der Waals surface area contributed by atoms with Crippen LogP contribution in [0.3, 0.4) is 0 Å². The van der Waals surface area contributed by atoms with E-state index in [2.05, 4.69) is 22.0 Å². The van der Waals surface area contributed by atoms with Crippen LogP contribution in [0.5, 0.6) is 5.75 Å². The first-order chi connectivity index (χ1) is 20.7. The van der Waals surface area contributed by atoms with Crippen LogP contribution >= 0.6 is 0 Å². The molecule has 2 saturated heterocycles. The third-order valence-electron chi connectivity index (χ3n) is 8.12. The number of benzene rings is 1. The molecule has 3 aliphatic rings. The Morgan fingerprint density at radius 2 is 1.65 bits per heavy atom. The van der Waals surface area contributed by atoms with E-state index in [-0.39, 0.29) is 18.7 Å². The number of nitrogens with zero attached hydrogens (tertiary/aromatic N) is 1. The first-order valence-electron chi connectivity index (χ1n) is 15.0. The highest BCUT2D eigenvalue weighted by molar-refractivity contribution is 5.98. The van der Waals surface area contributed by atoms with Crippen molar-refractivity contribution in [1.29, 1.82) is 0 Å². The first kappa shape index (κ1) is 32.6. The van der Waals surface area contributed by atoms with E-state index in [1.54, 1.807) is 38.3 Å². The molecule has 236 valence electrons. The molecule has 0 saturated carbocycles. The summed E-state index contributed by atoms with van der Waals surface area (Å²) in [7, 11) is 1.55. The van der Waals surface area contributed by atoms with Crippen LogP contribution in [0, 0.1) is 0 Å². The van der Waals surface area contributed by atoms with Crippen LogP contribution in [-0.2, 0) is 35.1 Å². The first-order valence-corrected chi connectivity index (χ1v) is 15.0. The molecule has 0 aromatic heterocycles. The molecule has 3 amide bonds. The van der Waals surface area contributed by atoms with Gasteiger partial charge in [-0.3, -0.25) is 24.1 Å². The molecular formula is C31H44N4O8. The van der Waals surface area contributed by atoms with E-state index >= 15 is 0 Å². The van der Waals surface area contributed by atoms with Crippen molar-refractivity contribution in [3.05, 3.63) is 41.5 Å². The summed E-state index contributed by atoms with van der Waals surface area (Å²) in [6, 6.07) is 3.91. The van der Waals surface area contributed by atoms with Crippen molar-refractivity contribution in [3.8, 4) is 5.75 Å². The minimum atomic E-state index is -1.26. The summed E-state index contributed by atoms with van der Waals surface area (Å²) in [4.78, 5) is 55.0. The van der Waals surface area contributed by atoms with E-state index in [0.29, 0.717) is 45.1 Å². The van der Waals surface area contributed by atoms with Crippen molar-refractivity contribution in [2.75, 3.05) is 53.2 Å². The number of epoxide rings is 1. The fraction of sp³-hybridized carbons (Fsp3) is 0.613. The SMILES string of the molecule is COc1ccc(CC(NC(=O)C(CO)NC(=O)CN2CCOCC2)C(=O)NC(CC2=CCCCC2)C(=O)C2(C)CO2)cc1. The van der Waals surface area contributed by atoms with Crippen LogP contribution in [0.25, 0.3) is 0 Å². The highest BCUT2D eigenvalue weighted by Gasteiger charge is 2.50. The van der Waals surface area contributed by atoms with E-state index in [1.807, 2.05) is 4.90 Å². The Morgan fingerprint density at radius 3 is 2.26 bits per heavy atom. The molecule has 12 nitrogen and oxygen atoms in total. The molecule has 2 aliphatic heterocycles. The second-order valence-corrected chi connectivity index (χ2v) is 11.6. The number of aliphatic hydroxyl groups excluding tert-OH is 1. The summed E-state index contributed by atoms with van der Waals surface area (Å²) < 4.78 is 15.9. The van der Waals surface area contributed by atoms with Gasteiger partial charge in [0.05, 0.1) is 46.1 Å². The van der Waals surface area contributed by atoms with Crippen molar-refractivity contribution >= 4 is 23.5 Å². The van der Waals surface area contributed by atoms with Crippen molar-refractivity contribution in [2.24, 2.45) is 0 Å². The Kier molecular flexibility index (Phi) is 11.7. The molecule has 4 unspecified atom stereocenters. The summed E-state index contributed by atoms with van der Waals surface area (Å²) in [6.45, 7) is 3.64. The zero-order valence-electron chi connectivity index (χ0n) is 25.1. The predicted octanol–water partition coefficient (Wildman–Crippen LogP) is 0.265. The second kappa shape index (κ2) is 15.4. The number of allylic oxidation sites excluding steroid dienone is 1. The number of carbonyl (C=O) groups excluding carboxylic acids is 4. The van der Waals surface area contributed by atoms with E-state index in [4.69, 9.17) is 14.2 Å². The van der Waals surface area contributed by atoms with Gasteiger partial charge in [0.2, 0.25) is 17.7 Å². The van der Waals surface area contributed by atoms with Gasteiger partial charge in [0.15, 0.2) is 5.78 Å². The van der Waals surface area contributed by atoms with Gasteiger partial charge in [-0.05, 0) is 56.7 Å². The Labute approximate surface area is 252 Å². The molecule has 43 heavy (non-hydrogen) atoms. The lowest BCUT2D eigenvalue weighted by Gasteiger charge is -2.28. The van der Waals surface area contributed by atoms with Crippen LogP contribution in [0.15, 0.2) is 35.9 Å². The number of Topliss-reactive ketones (excluding diaryl/α,β-unsaturated/α-hetero) is 1. The molecule has 4 atom stereocenters. The van der Waals surface area contributed by atoms with Gasteiger partial charge in [-0.2, -0.15) is 0 Å². The van der Waals surface area contributed by atoms with Gasteiger partial charge in [0.25, 0.3) is 0 Å². The molecule has 2 fully saturated rings. The van der Waals surface area contributed by atoms with Gasteiger partial charge in [-0.1, -0.05) is 23.8 Å². The maximum absolute atomic E-state index is 13.8. The van der Waals surface area contributed by atoms with Crippen LogP contribution < -0.4 is 20.7 Å². The number of ketones is 1. The Bertz CT molecular complexity index is 1160. The number of hydrogen-bond donors (Lipinski definition) is 4. The van der Waals surface area contributed by atoms with Crippen LogP contribution in [0.1, 0.15) is 44.6 Å². The summed E-state index contributed by atoms with van der Waals surface area (Å²) in [5.74, 6) is -1.23. The van der Waals surface area contributed by atoms with Gasteiger partial charge in [-0.15, -0.1) is 0 Å². The van der Waals surface area contributed by atoms with Gasteiger partial charge in [-0.25, -0.2) is 0 Å². The number of hydrogen-bond acceptors (Lipinski definition) is 9. The molecule has 0 radical (unpaired) electrons. The third-order valence-corrected chi connectivity index (χ3v) is 8.12. The van der Waals surface area contributed by atoms with Gasteiger partial charge < -0.3 is 35.3 Å². The molecule has 0 bridgehead atoms. The highest BCUT2D eigenvalue weighted by Crippen LogP contribution is 2.31. The molecule has 4 rings (SSSR count). The highest BCUT2D eigenvalue weighted by atomic mass is 16.6. The molecule has 4 N–H and O–H groups in total. The average Bonchev–Trinajstić information content (AvgIpc) is 3.78. The predicted molar refractivity (Wildman–Crippen MR) is 157 cm³/mol. The minimum Gasteiger partial charge on any atom is -0.497 e. The quantitative estimate of drug-likeness (QED) is 0.164. The summed E-state index contributed by atoms with van der Waals surface area (Å²) in [5, 5.41) is 18.1. The second-order valence-electron chi connectivity index (χ2n) is 11.6. The molecule has 1 aliphatic carbocycles. The van der Waals surface area contributed by atoms with Crippen molar-refractivity contribution < 1.29 is 38.5 Å². The van der Waals surface area contributed by atoms with Gasteiger partial charge in [0.1, 0.15) is 23.4 Å². The number of carbonyl (C=O) groups is 4. The maximum Gasteiger partial charge on any atom is 0.245 e. The van der Waals surface area contributed by atoms with E-state index in [0.717, 1.165) is 36.8 Å². The fourth-order valence-electron chi connectivity index (χ4n) is 5.33. The third kappa shape index (κ3) is 9.59. The number of morpholine rings is 1. The number of rotatable bonds is 15. The lowest BCUT2D eigenvalue weighted by Crippen LogP contribution is -2.58. The summed E-state index contributed by atoms with van der Waals surface area (Å²) >= 11 is 0. The van der Waals surface area contributed by atoms with Crippen molar-refractivity contribution in [3.63, 3.8) is 0 Å². The van der Waals surface area contributed by atoms with Gasteiger partial charge in [0, 0.05) is 19.5 Å².